The van der Waals surface area contributed by atoms with Crippen LogP contribution in [-0.4, -0.2) is 48.3 Å². The maximum atomic E-state index is 13.9. The molecule has 35 heavy (non-hydrogen) atoms. The molecule has 2 heterocycles. The Morgan fingerprint density at radius 1 is 1.06 bits per heavy atom. The molecule has 2 aromatic rings. The summed E-state index contributed by atoms with van der Waals surface area (Å²) in [6.45, 7) is 10.8. The second kappa shape index (κ2) is 9.85. The van der Waals surface area contributed by atoms with Gasteiger partial charge in [-0.25, -0.2) is 4.39 Å². The normalized spacial score (nSPS) is 23.1. The van der Waals surface area contributed by atoms with Gasteiger partial charge in [0.15, 0.2) is 5.82 Å². The fourth-order valence-corrected chi connectivity index (χ4v) is 5.70. The van der Waals surface area contributed by atoms with Crippen molar-refractivity contribution < 1.29 is 17.6 Å². The molecule has 1 aliphatic heterocycles. The molecule has 1 unspecified atom stereocenters. The quantitative estimate of drug-likeness (QED) is 0.399. The van der Waals surface area contributed by atoms with E-state index in [9.17, 15) is 17.6 Å². The highest BCUT2D eigenvalue weighted by atomic mass is 35.5. The molecule has 1 aromatic carbocycles. The minimum atomic E-state index is -4.68. The van der Waals surface area contributed by atoms with Gasteiger partial charge in [-0.1, -0.05) is 32.4 Å². The molecular formula is C26H33ClF4N4. The summed E-state index contributed by atoms with van der Waals surface area (Å²) in [6.07, 6.45) is -1.35. The van der Waals surface area contributed by atoms with Gasteiger partial charge in [0.2, 0.25) is 0 Å². The van der Waals surface area contributed by atoms with Crippen LogP contribution in [0.2, 0.25) is 5.02 Å². The van der Waals surface area contributed by atoms with Crippen LogP contribution < -0.4 is 4.90 Å². The standard InChI is InChI=1S/C26H33ClF4N4/c1-25(2,3)7-8-35-14-17-9-16(10-18(17)15-35)13-34(4)23-12-21(26(29,30)31)24(33-32-23)20-11-19(28)5-6-22(20)27/h5-6,11-12,16-18H,7-10,13-15H2,1-4H3/t16?,17-,18+. The van der Waals surface area contributed by atoms with Crippen LogP contribution in [0.3, 0.4) is 0 Å². The van der Waals surface area contributed by atoms with Crippen molar-refractivity contribution in [1.82, 2.24) is 15.1 Å². The van der Waals surface area contributed by atoms with Crippen molar-refractivity contribution in [3.8, 4) is 11.3 Å². The van der Waals surface area contributed by atoms with E-state index in [2.05, 4.69) is 35.9 Å². The summed E-state index contributed by atoms with van der Waals surface area (Å²) < 4.78 is 55.5. The summed E-state index contributed by atoms with van der Waals surface area (Å²) in [5.41, 5.74) is -1.24. The van der Waals surface area contributed by atoms with Gasteiger partial charge in [0.05, 0.1) is 10.6 Å². The van der Waals surface area contributed by atoms with Gasteiger partial charge in [-0.05, 0) is 73.2 Å². The first-order valence-electron chi connectivity index (χ1n) is 12.1. The van der Waals surface area contributed by atoms with E-state index in [1.54, 1.807) is 11.9 Å². The van der Waals surface area contributed by atoms with Gasteiger partial charge >= 0.3 is 6.18 Å². The lowest BCUT2D eigenvalue weighted by atomic mass is 9.92. The van der Waals surface area contributed by atoms with Gasteiger partial charge in [0.25, 0.3) is 0 Å². The van der Waals surface area contributed by atoms with Gasteiger partial charge in [0.1, 0.15) is 11.5 Å². The molecule has 0 amide bonds. The highest BCUT2D eigenvalue weighted by molar-refractivity contribution is 6.33. The number of alkyl halides is 3. The van der Waals surface area contributed by atoms with Gasteiger partial charge in [-0.3, -0.25) is 0 Å². The second-order valence-electron chi connectivity index (χ2n) is 11.4. The summed E-state index contributed by atoms with van der Waals surface area (Å²) in [5, 5.41) is 7.90. The van der Waals surface area contributed by atoms with Crippen LogP contribution in [0.5, 0.6) is 0 Å². The van der Waals surface area contributed by atoms with Crippen molar-refractivity contribution >= 4 is 17.4 Å². The fraction of sp³-hybridized carbons (Fsp3) is 0.615. The third kappa shape index (κ3) is 6.26. The number of aromatic nitrogens is 2. The zero-order chi connectivity index (χ0) is 25.5. The van der Waals surface area contributed by atoms with Crippen LogP contribution >= 0.6 is 11.6 Å². The van der Waals surface area contributed by atoms with Crippen LogP contribution in [0.15, 0.2) is 24.3 Å². The number of likely N-dealkylation sites (tertiary alicyclic amines) is 1. The Kier molecular flexibility index (Phi) is 7.36. The van der Waals surface area contributed by atoms with E-state index >= 15 is 0 Å². The van der Waals surface area contributed by atoms with E-state index in [4.69, 9.17) is 11.6 Å². The first-order chi connectivity index (χ1) is 16.3. The molecule has 9 heteroatoms. The highest BCUT2D eigenvalue weighted by Gasteiger charge is 2.41. The summed E-state index contributed by atoms with van der Waals surface area (Å²) in [6, 6.07) is 4.26. The van der Waals surface area contributed by atoms with Gasteiger partial charge in [-0.2, -0.15) is 13.2 Å². The zero-order valence-electron chi connectivity index (χ0n) is 20.7. The van der Waals surface area contributed by atoms with Crippen LogP contribution in [0, 0.1) is 29.0 Å². The van der Waals surface area contributed by atoms with E-state index in [-0.39, 0.29) is 16.4 Å². The third-order valence-electron chi connectivity index (χ3n) is 7.30. The van der Waals surface area contributed by atoms with Crippen LogP contribution in [0.25, 0.3) is 11.3 Å². The molecule has 1 saturated heterocycles. The lowest BCUT2D eigenvalue weighted by Crippen LogP contribution is -2.29. The maximum absolute atomic E-state index is 13.9. The number of benzene rings is 1. The monoisotopic (exact) mass is 512 g/mol. The van der Waals surface area contributed by atoms with Gasteiger partial charge in [0, 0.05) is 32.2 Å². The molecule has 1 aromatic heterocycles. The number of anilines is 1. The van der Waals surface area contributed by atoms with Crippen LogP contribution in [-0.2, 0) is 6.18 Å². The number of fused-ring (bicyclic) bond motifs is 1. The highest BCUT2D eigenvalue weighted by Crippen LogP contribution is 2.43. The van der Waals surface area contributed by atoms with Gasteiger partial charge < -0.3 is 9.80 Å². The molecule has 1 aliphatic carbocycles. The Hall–Kier alpha value is -1.93. The molecule has 0 N–H and O–H groups in total. The molecule has 2 fully saturated rings. The van der Waals surface area contributed by atoms with E-state index in [0.717, 1.165) is 50.7 Å². The number of rotatable bonds is 6. The van der Waals surface area contributed by atoms with Crippen LogP contribution in [0.4, 0.5) is 23.4 Å². The first kappa shape index (κ1) is 26.1. The molecule has 4 rings (SSSR count). The third-order valence-corrected chi connectivity index (χ3v) is 7.62. The Balaban J connectivity index is 1.44. The Morgan fingerprint density at radius 3 is 2.31 bits per heavy atom. The van der Waals surface area contributed by atoms with Crippen molar-refractivity contribution in [2.75, 3.05) is 38.1 Å². The molecule has 0 bridgehead atoms. The Morgan fingerprint density at radius 2 is 1.71 bits per heavy atom. The average molecular weight is 513 g/mol. The van der Waals surface area contributed by atoms with E-state index in [1.807, 2.05) is 0 Å². The predicted molar refractivity (Wildman–Crippen MR) is 131 cm³/mol. The molecular weight excluding hydrogens is 480 g/mol. The first-order valence-corrected chi connectivity index (χ1v) is 12.5. The topological polar surface area (TPSA) is 32.3 Å². The van der Waals surface area contributed by atoms with Crippen molar-refractivity contribution in [1.29, 1.82) is 0 Å². The minimum absolute atomic E-state index is 0.0126. The summed E-state index contributed by atoms with van der Waals surface area (Å²) in [7, 11) is 1.75. The summed E-state index contributed by atoms with van der Waals surface area (Å²) in [4.78, 5) is 4.32. The smallest absolute Gasteiger partial charge is 0.358 e. The molecule has 4 nitrogen and oxygen atoms in total. The zero-order valence-corrected chi connectivity index (χ0v) is 21.4. The fourth-order valence-electron chi connectivity index (χ4n) is 5.49. The van der Waals surface area contributed by atoms with Gasteiger partial charge in [-0.15, -0.1) is 10.2 Å². The molecule has 2 aliphatic rings. The molecule has 192 valence electrons. The average Bonchev–Trinajstić information content (AvgIpc) is 3.30. The molecule has 3 atom stereocenters. The second-order valence-corrected chi connectivity index (χ2v) is 11.8. The lowest BCUT2D eigenvalue weighted by molar-refractivity contribution is -0.137. The van der Waals surface area contributed by atoms with E-state index in [1.165, 1.54) is 12.5 Å². The Labute approximate surface area is 209 Å². The van der Waals surface area contributed by atoms with Crippen molar-refractivity contribution in [2.24, 2.45) is 23.2 Å². The summed E-state index contributed by atoms with van der Waals surface area (Å²) >= 11 is 6.05. The number of halogens is 5. The SMILES string of the molecule is CN(CC1C[C@@H]2CN(CCC(C)(C)C)C[C@@H]2C1)c1cc(C(F)(F)F)c(-c2cc(F)ccc2Cl)nn1. The van der Waals surface area contributed by atoms with Crippen LogP contribution in [0.1, 0.15) is 45.6 Å². The minimum Gasteiger partial charge on any atom is -0.358 e. The van der Waals surface area contributed by atoms with E-state index < -0.39 is 23.3 Å². The number of hydrogen-bond donors (Lipinski definition) is 0. The van der Waals surface area contributed by atoms with E-state index in [0.29, 0.717) is 29.7 Å². The number of nitrogens with zero attached hydrogens (tertiary/aromatic N) is 4. The molecule has 0 radical (unpaired) electrons. The molecule has 0 spiro atoms. The summed E-state index contributed by atoms with van der Waals surface area (Å²) in [5.74, 6) is 1.18. The van der Waals surface area contributed by atoms with Crippen molar-refractivity contribution in [3.05, 3.63) is 40.7 Å². The lowest BCUT2D eigenvalue weighted by Gasteiger charge is -2.26. The van der Waals surface area contributed by atoms with Crippen molar-refractivity contribution in [3.63, 3.8) is 0 Å². The number of hydrogen-bond acceptors (Lipinski definition) is 4. The Bertz CT molecular complexity index is 1040. The van der Waals surface area contributed by atoms with Crippen molar-refractivity contribution in [2.45, 2.75) is 46.2 Å². The molecule has 1 saturated carbocycles. The predicted octanol–water partition coefficient (Wildman–Crippen LogP) is 6.79. The maximum Gasteiger partial charge on any atom is 0.418 e. The largest absolute Gasteiger partial charge is 0.418 e.